The lowest BCUT2D eigenvalue weighted by Crippen LogP contribution is -2.47. The molecule has 0 radical (unpaired) electrons. The maximum absolute atomic E-state index is 12.2. The van der Waals surface area contributed by atoms with Gasteiger partial charge in [0.05, 0.1) is 18.8 Å². The van der Waals surface area contributed by atoms with Gasteiger partial charge in [-0.05, 0) is 29.9 Å². The molecule has 1 saturated heterocycles. The first kappa shape index (κ1) is 23.7. The van der Waals surface area contributed by atoms with E-state index in [1.54, 1.807) is 23.2 Å². The van der Waals surface area contributed by atoms with Crippen molar-refractivity contribution < 1.29 is 23.5 Å². The van der Waals surface area contributed by atoms with E-state index in [0.29, 0.717) is 5.78 Å². The molecule has 3 heterocycles. The zero-order valence-corrected chi connectivity index (χ0v) is 20.8. The number of hydrogen-bond donors (Lipinski definition) is 2. The van der Waals surface area contributed by atoms with E-state index in [0.717, 1.165) is 0 Å². The van der Waals surface area contributed by atoms with Gasteiger partial charge in [0.1, 0.15) is 0 Å². The Balaban J connectivity index is 2.00. The second-order valence-electron chi connectivity index (χ2n) is 9.21. The van der Waals surface area contributed by atoms with Crippen molar-refractivity contribution in [2.24, 2.45) is 5.92 Å². The summed E-state index contributed by atoms with van der Waals surface area (Å²) < 4.78 is 21.3. The molecule has 4 atom stereocenters. The second kappa shape index (κ2) is 8.21. The van der Waals surface area contributed by atoms with E-state index in [1.807, 2.05) is 6.92 Å². The van der Waals surface area contributed by atoms with Crippen LogP contribution in [0.3, 0.4) is 0 Å². The average molecular weight is 476 g/mol. The summed E-state index contributed by atoms with van der Waals surface area (Å²) in [6, 6.07) is 1.46. The van der Waals surface area contributed by atoms with Crippen LogP contribution >= 0.6 is 6.72 Å². The Morgan fingerprint density at radius 3 is 2.60 bits per heavy atom. The quantitative estimate of drug-likeness (QED) is 0.485. The monoisotopic (exact) mass is 475 g/mol. The van der Waals surface area contributed by atoms with Crippen LogP contribution in [0.25, 0.3) is 5.78 Å². The third-order valence-corrected chi connectivity index (χ3v) is 11.4. The number of imidazole rings is 1. The summed E-state index contributed by atoms with van der Waals surface area (Å²) in [6.45, 7) is 8.93. The standard InChI is InChI=1S/C18H30N3O6PSSi/c1-12-13(11-25-28(23,24)29)26-16(15(12)27-30(5,6)18(2,3)4)21-9-7-14(22)20-10-8-19-17(20)21/h7-10,12-13,15-16H,11H2,1-6H3,(H2,23,24,29)/t12-,13-,15?,16-/m1/s1. The highest BCUT2D eigenvalue weighted by Crippen LogP contribution is 2.45. The topological polar surface area (TPSA) is 107 Å². The van der Waals surface area contributed by atoms with Gasteiger partial charge in [0, 0.05) is 30.6 Å². The minimum atomic E-state index is -3.80. The molecule has 2 aromatic heterocycles. The van der Waals surface area contributed by atoms with Gasteiger partial charge in [-0.2, -0.15) is 0 Å². The Morgan fingerprint density at radius 1 is 1.33 bits per heavy atom. The normalized spacial score (nSPS) is 25.9. The summed E-state index contributed by atoms with van der Waals surface area (Å²) in [5.74, 6) is 0.319. The predicted octanol–water partition coefficient (Wildman–Crippen LogP) is 2.65. The van der Waals surface area contributed by atoms with Crippen LogP contribution in [-0.2, 0) is 25.5 Å². The molecular formula is C18H30N3O6PSSi. The molecule has 0 amide bonds. The zero-order valence-electron chi connectivity index (χ0n) is 18.1. The first-order valence-electron chi connectivity index (χ1n) is 9.79. The van der Waals surface area contributed by atoms with Crippen LogP contribution in [0, 0.1) is 5.92 Å². The molecule has 30 heavy (non-hydrogen) atoms. The van der Waals surface area contributed by atoms with Gasteiger partial charge in [-0.3, -0.25) is 13.8 Å². The maximum atomic E-state index is 12.2. The van der Waals surface area contributed by atoms with E-state index < -0.39 is 27.4 Å². The van der Waals surface area contributed by atoms with E-state index in [9.17, 15) is 14.6 Å². The third-order valence-electron chi connectivity index (χ3n) is 6.09. The van der Waals surface area contributed by atoms with Gasteiger partial charge >= 0.3 is 6.72 Å². The minimum absolute atomic E-state index is 0.0183. The summed E-state index contributed by atoms with van der Waals surface area (Å²) in [5.41, 5.74) is -0.187. The van der Waals surface area contributed by atoms with Gasteiger partial charge in [-0.15, -0.1) is 0 Å². The SMILES string of the molecule is C[C@H]1C(O[Si](C)(C)C(C)(C)C)[C@H](n2ccc(=O)n3ccnc23)O[C@@H]1COP(O)(O)=S. The predicted molar refractivity (Wildman–Crippen MR) is 119 cm³/mol. The van der Waals surface area contributed by atoms with Crippen molar-refractivity contribution in [1.29, 1.82) is 0 Å². The summed E-state index contributed by atoms with van der Waals surface area (Å²) >= 11 is 4.58. The highest BCUT2D eigenvalue weighted by molar-refractivity contribution is 8.06. The summed E-state index contributed by atoms with van der Waals surface area (Å²) in [4.78, 5) is 35.4. The molecule has 0 spiro atoms. The number of ether oxygens (including phenoxy) is 1. The van der Waals surface area contributed by atoms with Gasteiger partial charge in [0.2, 0.25) is 5.78 Å². The molecular weight excluding hydrogens is 445 g/mol. The molecule has 2 aromatic rings. The lowest BCUT2D eigenvalue weighted by Gasteiger charge is -2.40. The number of fused-ring (bicyclic) bond motifs is 1. The summed E-state index contributed by atoms with van der Waals surface area (Å²) in [5, 5.41) is -0.0183. The van der Waals surface area contributed by atoms with Crippen molar-refractivity contribution in [3.8, 4) is 0 Å². The molecule has 0 saturated carbocycles. The lowest BCUT2D eigenvalue weighted by molar-refractivity contribution is -0.0452. The smallest absolute Gasteiger partial charge is 0.321 e. The van der Waals surface area contributed by atoms with Crippen molar-refractivity contribution in [3.63, 3.8) is 0 Å². The first-order valence-corrected chi connectivity index (χ1v) is 15.3. The van der Waals surface area contributed by atoms with Crippen LogP contribution in [0.4, 0.5) is 0 Å². The molecule has 1 aliphatic heterocycles. The van der Waals surface area contributed by atoms with Crippen molar-refractivity contribution >= 4 is 32.6 Å². The van der Waals surface area contributed by atoms with Gasteiger partial charge in [0.15, 0.2) is 14.5 Å². The fraction of sp³-hybridized carbons (Fsp3) is 0.667. The molecule has 0 aliphatic carbocycles. The van der Waals surface area contributed by atoms with E-state index in [2.05, 4.69) is 50.7 Å². The fourth-order valence-electron chi connectivity index (χ4n) is 3.27. The number of nitrogens with zero attached hydrogens (tertiary/aromatic N) is 3. The Kier molecular flexibility index (Phi) is 6.50. The van der Waals surface area contributed by atoms with E-state index in [-0.39, 0.29) is 29.2 Å². The average Bonchev–Trinajstić information content (AvgIpc) is 3.19. The van der Waals surface area contributed by atoms with Crippen LogP contribution in [-0.4, -0.2) is 50.9 Å². The Hall–Kier alpha value is -0.913. The molecule has 2 N–H and O–H groups in total. The van der Waals surface area contributed by atoms with Gasteiger partial charge in [-0.25, -0.2) is 4.98 Å². The minimum Gasteiger partial charge on any atom is -0.409 e. The molecule has 1 unspecified atom stereocenters. The van der Waals surface area contributed by atoms with Crippen LogP contribution in [0.2, 0.25) is 18.1 Å². The van der Waals surface area contributed by atoms with Crippen molar-refractivity contribution in [2.75, 3.05) is 6.61 Å². The molecule has 168 valence electrons. The van der Waals surface area contributed by atoms with Crippen LogP contribution in [0.1, 0.15) is 33.9 Å². The molecule has 1 fully saturated rings. The largest absolute Gasteiger partial charge is 0.409 e. The summed E-state index contributed by atoms with van der Waals surface area (Å²) in [7, 11) is -2.17. The Labute approximate surface area is 182 Å². The highest BCUT2D eigenvalue weighted by Gasteiger charge is 2.49. The fourth-order valence-corrected chi connectivity index (χ4v) is 5.16. The number of aromatic nitrogens is 3. The van der Waals surface area contributed by atoms with Crippen LogP contribution in [0.15, 0.2) is 29.5 Å². The van der Waals surface area contributed by atoms with E-state index >= 15 is 0 Å². The second-order valence-corrected chi connectivity index (χ2v) is 16.6. The van der Waals surface area contributed by atoms with E-state index in [1.165, 1.54) is 10.5 Å². The van der Waals surface area contributed by atoms with Crippen LogP contribution < -0.4 is 5.56 Å². The van der Waals surface area contributed by atoms with E-state index in [4.69, 9.17) is 13.7 Å². The number of rotatable bonds is 6. The number of hydrogen-bond acceptors (Lipinski definition) is 6. The highest BCUT2D eigenvalue weighted by atomic mass is 32.5. The molecule has 3 rings (SSSR count). The van der Waals surface area contributed by atoms with Crippen molar-refractivity contribution in [1.82, 2.24) is 14.0 Å². The molecule has 0 bridgehead atoms. The molecule has 9 nitrogen and oxygen atoms in total. The molecule has 12 heteroatoms. The van der Waals surface area contributed by atoms with Crippen molar-refractivity contribution in [2.45, 2.75) is 64.3 Å². The lowest BCUT2D eigenvalue weighted by atomic mass is 10.0. The first-order chi connectivity index (χ1) is 13.7. The maximum Gasteiger partial charge on any atom is 0.321 e. The third kappa shape index (κ3) is 4.78. The van der Waals surface area contributed by atoms with Gasteiger partial charge in [-0.1, -0.05) is 27.7 Å². The summed E-state index contributed by atoms with van der Waals surface area (Å²) in [6.07, 6.45) is 3.42. The van der Waals surface area contributed by atoms with Crippen molar-refractivity contribution in [3.05, 3.63) is 35.0 Å². The van der Waals surface area contributed by atoms with Gasteiger partial charge < -0.3 is 23.5 Å². The Morgan fingerprint density at radius 2 is 2.00 bits per heavy atom. The van der Waals surface area contributed by atoms with Gasteiger partial charge in [0.25, 0.3) is 5.56 Å². The zero-order chi connectivity index (χ0) is 22.5. The molecule has 0 aromatic carbocycles. The molecule has 1 aliphatic rings. The van der Waals surface area contributed by atoms with Crippen LogP contribution in [0.5, 0.6) is 0 Å². The Bertz CT molecular complexity index is 1010.